The van der Waals surface area contributed by atoms with Gasteiger partial charge in [0.2, 0.25) is 0 Å². The Kier molecular flexibility index (Phi) is 1.94. The third-order valence-electron chi connectivity index (χ3n) is 2.97. The monoisotopic (exact) mass is 138 g/mol. The highest BCUT2D eigenvalue weighted by molar-refractivity contribution is 4.83. The average Bonchev–Trinajstić information content (AvgIpc) is 2.05. The van der Waals surface area contributed by atoms with Crippen molar-refractivity contribution in [1.29, 1.82) is 0 Å². The van der Waals surface area contributed by atoms with Gasteiger partial charge in [0.15, 0.2) is 0 Å². The van der Waals surface area contributed by atoms with E-state index in [4.69, 9.17) is 0 Å². The Balaban J connectivity index is 1.93. The van der Waals surface area contributed by atoms with Crippen LogP contribution in [0.3, 0.4) is 0 Å². The molecule has 0 aromatic rings. The molecular weight excluding hydrogens is 122 g/mol. The molecule has 0 unspecified atom stereocenters. The topological polar surface area (TPSA) is 14.1 Å². The van der Waals surface area contributed by atoms with Crippen LogP contribution in [0.4, 0.5) is 0 Å². The summed E-state index contributed by atoms with van der Waals surface area (Å²) in [4.78, 5) is 0. The second kappa shape index (κ2) is 2.91. The van der Waals surface area contributed by atoms with E-state index in [2.05, 4.69) is 5.32 Å². The van der Waals surface area contributed by atoms with Crippen molar-refractivity contribution >= 4 is 0 Å². The van der Waals surface area contributed by atoms with Gasteiger partial charge in [-0.1, -0.05) is 12.8 Å². The van der Waals surface area contributed by atoms with Crippen molar-refractivity contribution in [2.45, 2.75) is 44.6 Å². The van der Waals surface area contributed by atoms with Crippen molar-refractivity contribution in [3.05, 3.63) is 0 Å². The van der Waals surface area contributed by atoms with E-state index in [9.17, 15) is 0 Å². The summed E-state index contributed by atoms with van der Waals surface area (Å²) in [6, 6.07) is 0.780. The van der Waals surface area contributed by atoms with Gasteiger partial charge in [0.25, 0.3) is 0 Å². The Morgan fingerprint density at radius 1 is 0.900 bits per heavy atom. The van der Waals surface area contributed by atoms with Crippen LogP contribution in [0.5, 0.6) is 0 Å². The lowest BCUT2D eigenvalue weighted by Gasteiger charge is -2.34. The van der Waals surface area contributed by atoms with Crippen molar-refractivity contribution in [1.82, 2.24) is 5.32 Å². The fourth-order valence-corrected chi connectivity index (χ4v) is 2.38. The summed E-state index contributed by atoms with van der Waals surface area (Å²) in [5, 5.41) is 4.65. The molecule has 10 heavy (non-hydrogen) atoms. The van der Waals surface area contributed by atoms with Gasteiger partial charge in [-0.15, -0.1) is 0 Å². The highest BCUT2D eigenvalue weighted by atomic mass is 14.9. The van der Waals surface area contributed by atoms with Crippen LogP contribution in [-0.2, 0) is 0 Å². The molecule has 0 aromatic heterocycles. The minimum atomic E-state index is 0.780. The van der Waals surface area contributed by atoms with Crippen LogP contribution in [0.1, 0.15) is 38.5 Å². The number of hydrogen-bond donors (Lipinski definition) is 0. The molecular formula is C9H16N. The molecule has 57 valence electrons. The van der Waals surface area contributed by atoms with Gasteiger partial charge >= 0.3 is 0 Å². The second-order valence-electron chi connectivity index (χ2n) is 3.66. The Morgan fingerprint density at radius 3 is 2.60 bits per heavy atom. The maximum Gasteiger partial charge on any atom is 0.0274 e. The van der Waals surface area contributed by atoms with E-state index >= 15 is 0 Å². The summed E-state index contributed by atoms with van der Waals surface area (Å²) in [5.74, 6) is 0.988. The fourth-order valence-electron chi connectivity index (χ4n) is 2.38. The second-order valence-corrected chi connectivity index (χ2v) is 3.66. The average molecular weight is 138 g/mol. The normalized spacial score (nSPS) is 40.8. The van der Waals surface area contributed by atoms with Crippen LogP contribution in [0, 0.1) is 5.92 Å². The van der Waals surface area contributed by atoms with E-state index in [1.807, 2.05) is 0 Å². The molecule has 0 amide bonds. The van der Waals surface area contributed by atoms with Crippen LogP contribution in [0.15, 0.2) is 0 Å². The maximum absolute atomic E-state index is 4.65. The van der Waals surface area contributed by atoms with E-state index in [0.29, 0.717) is 0 Å². The number of nitrogens with zero attached hydrogens (tertiary/aromatic N) is 1. The van der Waals surface area contributed by atoms with Gasteiger partial charge in [-0.2, -0.15) is 0 Å². The molecule has 2 fully saturated rings. The summed E-state index contributed by atoms with van der Waals surface area (Å²) in [7, 11) is 0. The zero-order valence-electron chi connectivity index (χ0n) is 6.55. The van der Waals surface area contributed by atoms with Crippen molar-refractivity contribution in [3.8, 4) is 0 Å². The van der Waals surface area contributed by atoms with E-state index in [1.54, 1.807) is 0 Å². The predicted octanol–water partition coefficient (Wildman–Crippen LogP) is 1.94. The van der Waals surface area contributed by atoms with Crippen molar-refractivity contribution < 1.29 is 0 Å². The molecule has 1 saturated carbocycles. The third-order valence-corrected chi connectivity index (χ3v) is 2.97. The van der Waals surface area contributed by atoms with Gasteiger partial charge in [0.05, 0.1) is 0 Å². The quantitative estimate of drug-likeness (QED) is 0.485. The minimum absolute atomic E-state index is 0.780. The first kappa shape index (κ1) is 6.66. The summed E-state index contributed by atoms with van der Waals surface area (Å²) in [5.41, 5.74) is 0. The van der Waals surface area contributed by atoms with Crippen LogP contribution in [-0.4, -0.2) is 12.6 Å². The van der Waals surface area contributed by atoms with Gasteiger partial charge in [0.1, 0.15) is 0 Å². The predicted molar refractivity (Wildman–Crippen MR) is 42.0 cm³/mol. The highest BCUT2D eigenvalue weighted by Crippen LogP contribution is 2.30. The number of hydrogen-bond acceptors (Lipinski definition) is 0. The lowest BCUT2D eigenvalue weighted by molar-refractivity contribution is 0.207. The van der Waals surface area contributed by atoms with Crippen LogP contribution < -0.4 is 5.32 Å². The summed E-state index contributed by atoms with van der Waals surface area (Å²) < 4.78 is 0. The molecule has 1 aliphatic carbocycles. The lowest BCUT2D eigenvalue weighted by Crippen LogP contribution is -2.38. The number of fused-ring (bicyclic) bond motifs is 1. The first-order valence-corrected chi connectivity index (χ1v) is 4.63. The molecule has 2 rings (SSSR count). The molecule has 0 bridgehead atoms. The number of piperidine rings is 1. The smallest absolute Gasteiger partial charge is 0.0274 e. The molecule has 0 spiro atoms. The summed E-state index contributed by atoms with van der Waals surface area (Å²) >= 11 is 0. The third kappa shape index (κ3) is 1.20. The Bertz CT molecular complexity index is 85.3. The fraction of sp³-hybridized carbons (Fsp3) is 1.00. The van der Waals surface area contributed by atoms with Crippen molar-refractivity contribution in [3.63, 3.8) is 0 Å². The highest BCUT2D eigenvalue weighted by Gasteiger charge is 2.27. The molecule has 1 heteroatoms. The van der Waals surface area contributed by atoms with Crippen LogP contribution in [0.25, 0.3) is 0 Å². The molecule has 1 radical (unpaired) electrons. The molecule has 2 aliphatic rings. The van der Waals surface area contributed by atoms with Crippen molar-refractivity contribution in [2.24, 2.45) is 5.92 Å². The Hall–Kier alpha value is -0.0400. The van der Waals surface area contributed by atoms with Gasteiger partial charge < -0.3 is 0 Å². The largest absolute Gasteiger partial charge is 0.238 e. The summed E-state index contributed by atoms with van der Waals surface area (Å²) in [6.45, 7) is 1.15. The molecule has 1 aliphatic heterocycles. The Labute approximate surface area is 63.2 Å². The molecule has 1 nitrogen and oxygen atoms in total. The van der Waals surface area contributed by atoms with E-state index in [1.165, 1.54) is 38.5 Å². The van der Waals surface area contributed by atoms with E-state index in [-0.39, 0.29) is 0 Å². The first-order valence-electron chi connectivity index (χ1n) is 4.63. The van der Waals surface area contributed by atoms with E-state index in [0.717, 1.165) is 18.5 Å². The van der Waals surface area contributed by atoms with Gasteiger partial charge in [-0.25, -0.2) is 5.32 Å². The summed E-state index contributed by atoms with van der Waals surface area (Å²) in [6.07, 6.45) is 8.59. The van der Waals surface area contributed by atoms with Gasteiger partial charge in [0, 0.05) is 12.6 Å². The lowest BCUT2D eigenvalue weighted by atomic mass is 9.80. The first-order chi connectivity index (χ1) is 4.97. The zero-order chi connectivity index (χ0) is 6.81. The molecule has 0 aromatic carbocycles. The van der Waals surface area contributed by atoms with Crippen LogP contribution >= 0.6 is 0 Å². The molecule has 2 atom stereocenters. The maximum atomic E-state index is 4.65. The SMILES string of the molecule is C1CC[C@H]2[N]CCC[C@H]2C1. The van der Waals surface area contributed by atoms with Crippen molar-refractivity contribution in [2.75, 3.05) is 6.54 Å². The minimum Gasteiger partial charge on any atom is -0.238 e. The van der Waals surface area contributed by atoms with E-state index < -0.39 is 0 Å². The zero-order valence-corrected chi connectivity index (χ0v) is 6.55. The molecule has 0 N–H and O–H groups in total. The molecule has 1 heterocycles. The standard InChI is InChI=1S/C9H16N/c1-2-6-9-8(4-1)5-3-7-10-9/h8-9H,1-7H2/t8-,9-/m1/s1. The van der Waals surface area contributed by atoms with Crippen LogP contribution in [0.2, 0.25) is 0 Å². The Morgan fingerprint density at radius 2 is 1.70 bits per heavy atom. The van der Waals surface area contributed by atoms with Gasteiger partial charge in [-0.05, 0) is 31.6 Å². The molecule has 1 saturated heterocycles. The van der Waals surface area contributed by atoms with Gasteiger partial charge in [-0.3, -0.25) is 0 Å². The number of rotatable bonds is 0.